The number of hydrogen-bond acceptors (Lipinski definition) is 2. The molecule has 1 heterocycles. The SMILES string of the molecule is OC(Cl)c1ccoc1Br. The molecule has 1 unspecified atom stereocenters. The maximum atomic E-state index is 8.77. The molecule has 9 heavy (non-hydrogen) atoms. The molecule has 2 nitrogen and oxygen atoms in total. The van der Waals surface area contributed by atoms with E-state index in [1.54, 1.807) is 6.07 Å². The van der Waals surface area contributed by atoms with Crippen LogP contribution in [0.1, 0.15) is 11.1 Å². The average molecular weight is 211 g/mol. The van der Waals surface area contributed by atoms with Gasteiger partial charge < -0.3 is 9.52 Å². The second kappa shape index (κ2) is 2.73. The summed E-state index contributed by atoms with van der Waals surface area (Å²) in [6.45, 7) is 0. The first kappa shape index (κ1) is 7.12. The maximum Gasteiger partial charge on any atom is 0.175 e. The summed E-state index contributed by atoms with van der Waals surface area (Å²) in [6, 6.07) is 1.60. The molecule has 1 N–H and O–H groups in total. The van der Waals surface area contributed by atoms with Crippen molar-refractivity contribution in [2.45, 2.75) is 5.56 Å². The molecule has 0 radical (unpaired) electrons. The van der Waals surface area contributed by atoms with Crippen molar-refractivity contribution in [3.8, 4) is 0 Å². The normalized spacial score (nSPS) is 13.7. The van der Waals surface area contributed by atoms with Gasteiger partial charge in [-0.15, -0.1) is 0 Å². The summed E-state index contributed by atoms with van der Waals surface area (Å²) in [7, 11) is 0. The fourth-order valence-corrected chi connectivity index (χ4v) is 1.23. The lowest BCUT2D eigenvalue weighted by atomic mass is 10.4. The molecule has 0 aliphatic rings. The van der Waals surface area contributed by atoms with Crippen molar-refractivity contribution in [2.75, 3.05) is 0 Å². The zero-order valence-corrected chi connectivity index (χ0v) is 6.69. The van der Waals surface area contributed by atoms with Crippen molar-refractivity contribution in [1.82, 2.24) is 0 Å². The molecule has 1 aromatic heterocycles. The minimum atomic E-state index is -0.988. The van der Waals surface area contributed by atoms with Crippen molar-refractivity contribution >= 4 is 27.5 Å². The molecule has 0 saturated carbocycles. The Balaban J connectivity index is 2.94. The molecule has 0 spiro atoms. The van der Waals surface area contributed by atoms with Crippen LogP contribution in [0.2, 0.25) is 0 Å². The van der Waals surface area contributed by atoms with Crippen LogP contribution in [0.5, 0.6) is 0 Å². The minimum Gasteiger partial charge on any atom is -0.457 e. The first-order valence-electron chi connectivity index (χ1n) is 2.27. The Morgan fingerprint density at radius 2 is 2.44 bits per heavy atom. The summed E-state index contributed by atoms with van der Waals surface area (Å²) < 4.78 is 5.27. The van der Waals surface area contributed by atoms with Crippen LogP contribution in [0.25, 0.3) is 0 Å². The third-order valence-electron chi connectivity index (χ3n) is 0.903. The highest BCUT2D eigenvalue weighted by molar-refractivity contribution is 9.10. The minimum absolute atomic E-state index is 0.477. The molecule has 0 aliphatic heterocycles. The lowest BCUT2D eigenvalue weighted by Gasteiger charge is -1.95. The highest BCUT2D eigenvalue weighted by Gasteiger charge is 2.08. The molecule has 0 saturated heterocycles. The fraction of sp³-hybridized carbons (Fsp3) is 0.200. The molecule has 0 amide bonds. The molecule has 1 rings (SSSR count). The predicted octanol–water partition coefficient (Wildman–Crippen LogP) is 2.27. The van der Waals surface area contributed by atoms with Crippen molar-refractivity contribution in [3.05, 3.63) is 22.6 Å². The molecule has 0 bridgehead atoms. The first-order chi connectivity index (χ1) is 4.22. The Kier molecular flexibility index (Phi) is 2.16. The Labute approximate surface area is 65.6 Å². The Morgan fingerprint density at radius 1 is 1.78 bits per heavy atom. The number of aliphatic hydroxyl groups excluding tert-OH is 1. The van der Waals surface area contributed by atoms with E-state index in [4.69, 9.17) is 21.1 Å². The van der Waals surface area contributed by atoms with Gasteiger partial charge in [0.1, 0.15) is 0 Å². The van der Waals surface area contributed by atoms with Crippen LogP contribution >= 0.6 is 27.5 Å². The Hall–Kier alpha value is 0.01000. The topological polar surface area (TPSA) is 33.4 Å². The highest BCUT2D eigenvalue weighted by atomic mass is 79.9. The number of rotatable bonds is 1. The van der Waals surface area contributed by atoms with Gasteiger partial charge in [0.05, 0.1) is 6.26 Å². The molecular formula is C5H4BrClO2. The van der Waals surface area contributed by atoms with Crippen LogP contribution in [-0.4, -0.2) is 5.11 Å². The van der Waals surface area contributed by atoms with E-state index in [-0.39, 0.29) is 0 Å². The third kappa shape index (κ3) is 1.47. The summed E-state index contributed by atoms with van der Waals surface area (Å²) in [5.74, 6) is 0. The zero-order valence-electron chi connectivity index (χ0n) is 4.34. The van der Waals surface area contributed by atoms with Crippen molar-refractivity contribution in [1.29, 1.82) is 0 Å². The molecule has 0 aliphatic carbocycles. The van der Waals surface area contributed by atoms with Gasteiger partial charge in [0.15, 0.2) is 10.2 Å². The van der Waals surface area contributed by atoms with E-state index in [0.717, 1.165) is 0 Å². The fourth-order valence-electron chi connectivity index (χ4n) is 0.474. The van der Waals surface area contributed by atoms with Gasteiger partial charge in [0.25, 0.3) is 0 Å². The van der Waals surface area contributed by atoms with E-state index >= 15 is 0 Å². The van der Waals surface area contributed by atoms with Gasteiger partial charge in [-0.2, -0.15) is 0 Å². The first-order valence-corrected chi connectivity index (χ1v) is 3.50. The number of hydrogen-bond donors (Lipinski definition) is 1. The van der Waals surface area contributed by atoms with Crippen molar-refractivity contribution in [2.24, 2.45) is 0 Å². The Morgan fingerprint density at radius 3 is 2.67 bits per heavy atom. The van der Waals surface area contributed by atoms with E-state index in [9.17, 15) is 0 Å². The molecule has 50 valence electrons. The molecule has 4 heteroatoms. The molecule has 1 atom stereocenters. The van der Waals surface area contributed by atoms with Gasteiger partial charge in [0.2, 0.25) is 0 Å². The monoisotopic (exact) mass is 210 g/mol. The largest absolute Gasteiger partial charge is 0.457 e. The van der Waals surface area contributed by atoms with Gasteiger partial charge in [-0.3, -0.25) is 0 Å². The molecule has 0 fully saturated rings. The standard InChI is InChI=1S/C5H4BrClO2/c6-4-3(5(7)8)1-2-9-4/h1-2,5,8H. The smallest absolute Gasteiger partial charge is 0.175 e. The van der Waals surface area contributed by atoms with Gasteiger partial charge >= 0.3 is 0 Å². The van der Waals surface area contributed by atoms with E-state index < -0.39 is 5.56 Å². The second-order valence-electron chi connectivity index (χ2n) is 1.49. The lowest BCUT2D eigenvalue weighted by Crippen LogP contribution is -1.83. The number of halogens is 2. The third-order valence-corrected chi connectivity index (χ3v) is 1.78. The quantitative estimate of drug-likeness (QED) is 0.723. The average Bonchev–Trinajstić information content (AvgIpc) is 2.13. The van der Waals surface area contributed by atoms with Crippen LogP contribution in [0.3, 0.4) is 0 Å². The zero-order chi connectivity index (χ0) is 6.85. The van der Waals surface area contributed by atoms with E-state index in [2.05, 4.69) is 15.9 Å². The van der Waals surface area contributed by atoms with Gasteiger partial charge in [-0.1, -0.05) is 11.6 Å². The van der Waals surface area contributed by atoms with Crippen LogP contribution in [0, 0.1) is 0 Å². The number of alkyl halides is 1. The van der Waals surface area contributed by atoms with Crippen LogP contribution in [0.15, 0.2) is 21.4 Å². The van der Waals surface area contributed by atoms with E-state index in [1.807, 2.05) is 0 Å². The summed E-state index contributed by atoms with van der Waals surface area (Å²) in [4.78, 5) is 0. The van der Waals surface area contributed by atoms with E-state index in [1.165, 1.54) is 6.26 Å². The number of furan rings is 1. The lowest BCUT2D eigenvalue weighted by molar-refractivity contribution is 0.260. The molecule has 0 aromatic carbocycles. The second-order valence-corrected chi connectivity index (χ2v) is 2.62. The van der Waals surface area contributed by atoms with Crippen LogP contribution in [-0.2, 0) is 0 Å². The van der Waals surface area contributed by atoms with Crippen LogP contribution < -0.4 is 0 Å². The molecular weight excluding hydrogens is 207 g/mol. The van der Waals surface area contributed by atoms with E-state index in [0.29, 0.717) is 10.2 Å². The van der Waals surface area contributed by atoms with Crippen molar-refractivity contribution in [3.63, 3.8) is 0 Å². The van der Waals surface area contributed by atoms with Crippen molar-refractivity contribution < 1.29 is 9.52 Å². The van der Waals surface area contributed by atoms with Gasteiger partial charge in [-0.05, 0) is 22.0 Å². The predicted molar refractivity (Wildman–Crippen MR) is 37.2 cm³/mol. The summed E-state index contributed by atoms with van der Waals surface area (Å²) in [5, 5.41) is 8.77. The summed E-state index contributed by atoms with van der Waals surface area (Å²) >= 11 is 8.37. The van der Waals surface area contributed by atoms with Gasteiger partial charge in [-0.25, -0.2) is 0 Å². The van der Waals surface area contributed by atoms with Crippen LogP contribution in [0.4, 0.5) is 0 Å². The number of aliphatic hydroxyl groups is 1. The Bertz CT molecular complexity index is 197. The van der Waals surface area contributed by atoms with Gasteiger partial charge in [0, 0.05) is 5.56 Å². The highest BCUT2D eigenvalue weighted by Crippen LogP contribution is 2.26. The maximum absolute atomic E-state index is 8.77. The summed E-state index contributed by atoms with van der Waals surface area (Å²) in [5.41, 5.74) is -0.435. The molecule has 1 aromatic rings. The summed E-state index contributed by atoms with van der Waals surface area (Å²) in [6.07, 6.45) is 1.45.